The Morgan fingerprint density at radius 3 is 2.26 bits per heavy atom. The molecule has 1 unspecified atom stereocenters. The van der Waals surface area contributed by atoms with Crippen molar-refractivity contribution in [2.45, 2.75) is 22.8 Å². The molecule has 0 saturated carbocycles. The van der Waals surface area contributed by atoms with Crippen LogP contribution in [0.15, 0.2) is 34.1 Å². The molecule has 1 aliphatic rings. The first-order chi connectivity index (χ1) is 10.7. The lowest BCUT2D eigenvalue weighted by molar-refractivity contribution is 0.0213. The van der Waals surface area contributed by atoms with Gasteiger partial charge in [-0.15, -0.1) is 0 Å². The fourth-order valence-electron chi connectivity index (χ4n) is 2.43. The van der Waals surface area contributed by atoms with Gasteiger partial charge in [0, 0.05) is 31.9 Å². The number of morpholine rings is 1. The molecule has 1 atom stereocenters. The number of sulfonamides is 1. The summed E-state index contributed by atoms with van der Waals surface area (Å²) in [5.74, 6) is 0. The highest BCUT2D eigenvalue weighted by Crippen LogP contribution is 2.20. The standard InChI is InChI=1S/C14H22N2O5S2/c1-12(16-7-9-21-10-8-16)11-15-23(19,20)14-6-4-3-5-13(14)22(2,17)18/h3-6,12,15H,7-11H2,1-2H3. The molecular formula is C14H22N2O5S2. The topological polar surface area (TPSA) is 92.8 Å². The van der Waals surface area contributed by atoms with E-state index < -0.39 is 19.9 Å². The number of rotatable bonds is 6. The van der Waals surface area contributed by atoms with Crippen molar-refractivity contribution in [1.82, 2.24) is 9.62 Å². The largest absolute Gasteiger partial charge is 0.379 e. The number of benzene rings is 1. The van der Waals surface area contributed by atoms with Crippen LogP contribution in [-0.2, 0) is 24.6 Å². The zero-order valence-corrected chi connectivity index (χ0v) is 14.9. The van der Waals surface area contributed by atoms with Crippen molar-refractivity contribution in [2.75, 3.05) is 39.1 Å². The maximum Gasteiger partial charge on any atom is 0.241 e. The minimum atomic E-state index is -3.89. The molecule has 1 aliphatic heterocycles. The molecule has 9 heteroatoms. The van der Waals surface area contributed by atoms with Gasteiger partial charge in [-0.05, 0) is 19.1 Å². The molecule has 1 N–H and O–H groups in total. The Balaban J connectivity index is 2.13. The zero-order valence-electron chi connectivity index (χ0n) is 13.2. The highest BCUT2D eigenvalue weighted by molar-refractivity contribution is 7.93. The maximum atomic E-state index is 12.5. The molecule has 0 spiro atoms. The van der Waals surface area contributed by atoms with Crippen LogP contribution in [0.1, 0.15) is 6.92 Å². The summed E-state index contributed by atoms with van der Waals surface area (Å²) in [6, 6.07) is 5.62. The zero-order chi connectivity index (χ0) is 17.1. The molecule has 130 valence electrons. The predicted octanol–water partition coefficient (Wildman–Crippen LogP) is 0.0891. The van der Waals surface area contributed by atoms with Crippen LogP contribution >= 0.6 is 0 Å². The Kier molecular flexibility index (Phi) is 5.79. The average Bonchev–Trinajstić information content (AvgIpc) is 2.53. The Bertz CT molecular complexity index is 740. The van der Waals surface area contributed by atoms with E-state index in [2.05, 4.69) is 9.62 Å². The second-order valence-corrected chi connectivity index (χ2v) is 9.29. The normalized spacial score (nSPS) is 18.7. The van der Waals surface area contributed by atoms with Crippen LogP contribution in [-0.4, -0.2) is 66.9 Å². The number of nitrogens with zero attached hydrogens (tertiary/aromatic N) is 1. The summed E-state index contributed by atoms with van der Waals surface area (Å²) >= 11 is 0. The van der Waals surface area contributed by atoms with Gasteiger partial charge < -0.3 is 4.74 Å². The molecule has 0 amide bonds. The first kappa shape index (κ1) is 18.3. The Hall–Kier alpha value is -1.00. The van der Waals surface area contributed by atoms with Crippen molar-refractivity contribution in [1.29, 1.82) is 0 Å². The third-order valence-corrected chi connectivity index (χ3v) is 6.54. The van der Waals surface area contributed by atoms with E-state index in [1.54, 1.807) is 0 Å². The number of hydrogen-bond acceptors (Lipinski definition) is 6. The van der Waals surface area contributed by atoms with E-state index in [1.165, 1.54) is 24.3 Å². The fraction of sp³-hybridized carbons (Fsp3) is 0.571. The predicted molar refractivity (Wildman–Crippen MR) is 86.6 cm³/mol. The summed E-state index contributed by atoms with van der Waals surface area (Å²) in [4.78, 5) is 1.73. The van der Waals surface area contributed by atoms with E-state index >= 15 is 0 Å². The van der Waals surface area contributed by atoms with E-state index in [1.807, 2.05) is 6.92 Å². The molecular weight excluding hydrogens is 340 g/mol. The maximum absolute atomic E-state index is 12.5. The van der Waals surface area contributed by atoms with Gasteiger partial charge in [-0.2, -0.15) is 0 Å². The third-order valence-electron chi connectivity index (χ3n) is 3.78. The van der Waals surface area contributed by atoms with E-state index in [0.29, 0.717) is 13.2 Å². The number of nitrogens with one attached hydrogen (secondary N) is 1. The first-order valence-corrected chi connectivity index (χ1v) is 10.7. The molecule has 0 aliphatic carbocycles. The smallest absolute Gasteiger partial charge is 0.241 e. The Morgan fingerprint density at radius 1 is 1.13 bits per heavy atom. The van der Waals surface area contributed by atoms with Crippen molar-refractivity contribution in [3.8, 4) is 0 Å². The van der Waals surface area contributed by atoms with E-state index in [9.17, 15) is 16.8 Å². The molecule has 0 radical (unpaired) electrons. The summed E-state index contributed by atoms with van der Waals surface area (Å²) in [5, 5.41) is 0. The summed E-state index contributed by atoms with van der Waals surface area (Å²) in [7, 11) is -7.52. The highest BCUT2D eigenvalue weighted by Gasteiger charge is 2.25. The second kappa shape index (κ2) is 7.27. The molecule has 2 rings (SSSR count). The second-order valence-electron chi connectivity index (χ2n) is 5.57. The quantitative estimate of drug-likeness (QED) is 0.771. The lowest BCUT2D eigenvalue weighted by Gasteiger charge is -2.32. The molecule has 0 bridgehead atoms. The fourth-order valence-corrected chi connectivity index (χ4v) is 5.18. The molecule has 1 aromatic rings. The van der Waals surface area contributed by atoms with Gasteiger partial charge in [-0.25, -0.2) is 21.6 Å². The van der Waals surface area contributed by atoms with Gasteiger partial charge in [-0.1, -0.05) is 12.1 Å². The monoisotopic (exact) mass is 362 g/mol. The SMILES string of the molecule is CC(CNS(=O)(=O)c1ccccc1S(C)(=O)=O)N1CCOCC1. The lowest BCUT2D eigenvalue weighted by atomic mass is 10.2. The van der Waals surface area contributed by atoms with Crippen LogP contribution < -0.4 is 4.72 Å². The van der Waals surface area contributed by atoms with Crippen LogP contribution in [0, 0.1) is 0 Å². The van der Waals surface area contributed by atoms with Crippen molar-refractivity contribution in [3.63, 3.8) is 0 Å². The van der Waals surface area contributed by atoms with Crippen molar-refractivity contribution in [2.24, 2.45) is 0 Å². The van der Waals surface area contributed by atoms with Gasteiger partial charge in [0.2, 0.25) is 10.0 Å². The minimum Gasteiger partial charge on any atom is -0.379 e. The van der Waals surface area contributed by atoms with Crippen LogP contribution in [0.3, 0.4) is 0 Å². The first-order valence-electron chi connectivity index (χ1n) is 7.32. The van der Waals surface area contributed by atoms with Gasteiger partial charge in [0.1, 0.15) is 4.90 Å². The van der Waals surface area contributed by atoms with Crippen LogP contribution in [0.2, 0.25) is 0 Å². The van der Waals surface area contributed by atoms with Gasteiger partial charge in [-0.3, -0.25) is 4.90 Å². The number of hydrogen-bond donors (Lipinski definition) is 1. The molecule has 7 nitrogen and oxygen atoms in total. The van der Waals surface area contributed by atoms with Crippen LogP contribution in [0.25, 0.3) is 0 Å². The van der Waals surface area contributed by atoms with E-state index in [0.717, 1.165) is 19.3 Å². The Morgan fingerprint density at radius 2 is 1.70 bits per heavy atom. The van der Waals surface area contributed by atoms with Gasteiger partial charge >= 0.3 is 0 Å². The minimum absolute atomic E-state index is 0.000860. The molecule has 1 fully saturated rings. The summed E-state index contributed by atoms with van der Waals surface area (Å²) in [6.45, 7) is 4.91. The average molecular weight is 362 g/mol. The summed E-state index contributed by atoms with van der Waals surface area (Å²) in [6.07, 6.45) is 0.998. The van der Waals surface area contributed by atoms with Gasteiger partial charge in [0.25, 0.3) is 0 Å². The highest BCUT2D eigenvalue weighted by atomic mass is 32.2. The molecule has 1 saturated heterocycles. The summed E-state index contributed by atoms with van der Waals surface area (Å²) < 4.78 is 56.3. The van der Waals surface area contributed by atoms with Gasteiger partial charge in [0.15, 0.2) is 9.84 Å². The number of sulfone groups is 1. The van der Waals surface area contributed by atoms with E-state index in [4.69, 9.17) is 4.74 Å². The lowest BCUT2D eigenvalue weighted by Crippen LogP contribution is -2.47. The van der Waals surface area contributed by atoms with Gasteiger partial charge in [0.05, 0.1) is 18.1 Å². The van der Waals surface area contributed by atoms with Crippen molar-refractivity contribution >= 4 is 19.9 Å². The Labute approximate surface area is 137 Å². The van der Waals surface area contributed by atoms with Crippen LogP contribution in [0.5, 0.6) is 0 Å². The van der Waals surface area contributed by atoms with E-state index in [-0.39, 0.29) is 22.4 Å². The summed E-state index contributed by atoms with van der Waals surface area (Å²) in [5.41, 5.74) is 0. The van der Waals surface area contributed by atoms with Crippen LogP contribution in [0.4, 0.5) is 0 Å². The molecule has 1 aromatic carbocycles. The molecule has 23 heavy (non-hydrogen) atoms. The molecule has 0 aromatic heterocycles. The van der Waals surface area contributed by atoms with Crippen molar-refractivity contribution in [3.05, 3.63) is 24.3 Å². The molecule has 1 heterocycles. The number of ether oxygens (including phenoxy) is 1. The van der Waals surface area contributed by atoms with Crippen molar-refractivity contribution < 1.29 is 21.6 Å². The third kappa shape index (κ3) is 4.74.